The summed E-state index contributed by atoms with van der Waals surface area (Å²) in [6, 6.07) is 3.77. The van der Waals surface area contributed by atoms with E-state index >= 15 is 0 Å². The number of nitrogens with zero attached hydrogens (tertiary/aromatic N) is 1. The van der Waals surface area contributed by atoms with Crippen LogP contribution in [-0.4, -0.2) is 37.8 Å². The largest absolute Gasteiger partial charge is 0.417 e. The number of carbonyl (C=O) groups is 1. The van der Waals surface area contributed by atoms with Crippen LogP contribution in [0.15, 0.2) is 24.4 Å². The fourth-order valence-electron chi connectivity index (χ4n) is 2.01. The first-order valence-corrected chi connectivity index (χ1v) is 8.66. The van der Waals surface area contributed by atoms with Crippen LogP contribution in [0.25, 0.3) is 0 Å². The van der Waals surface area contributed by atoms with Crippen LogP contribution in [0.5, 0.6) is 0 Å². The Morgan fingerprint density at radius 2 is 2.12 bits per heavy atom. The van der Waals surface area contributed by atoms with Gasteiger partial charge in [0.05, 0.1) is 23.8 Å². The number of nitrogens with one attached hydrogen (secondary N) is 1. The van der Waals surface area contributed by atoms with Gasteiger partial charge in [-0.1, -0.05) is 17.7 Å². The Balaban J connectivity index is 1.95. The molecule has 0 spiro atoms. The Morgan fingerprint density at radius 3 is 2.81 bits per heavy atom. The van der Waals surface area contributed by atoms with Crippen LogP contribution in [0.2, 0.25) is 5.02 Å². The second kappa shape index (κ2) is 9.31. The highest BCUT2D eigenvalue weighted by Gasteiger charge is 2.33. The monoisotopic (exact) mass is 408 g/mol. The number of halogens is 4. The van der Waals surface area contributed by atoms with Gasteiger partial charge in [0.25, 0.3) is 5.91 Å². The molecule has 2 aromatic rings. The number of ether oxygens (including phenoxy) is 2. The van der Waals surface area contributed by atoms with Gasteiger partial charge in [-0.05, 0) is 17.7 Å². The summed E-state index contributed by atoms with van der Waals surface area (Å²) >= 11 is 6.79. The summed E-state index contributed by atoms with van der Waals surface area (Å²) in [6.45, 7) is 0.547. The quantitative estimate of drug-likeness (QED) is 0.670. The summed E-state index contributed by atoms with van der Waals surface area (Å²) in [7, 11) is 1.53. The van der Waals surface area contributed by atoms with Crippen LogP contribution in [0, 0.1) is 0 Å². The Bertz CT molecular complexity index is 753. The second-order valence-electron chi connectivity index (χ2n) is 5.21. The van der Waals surface area contributed by atoms with Gasteiger partial charge in [-0.3, -0.25) is 10.1 Å². The Labute approximate surface area is 157 Å². The predicted molar refractivity (Wildman–Crippen MR) is 92.7 cm³/mol. The Kier molecular flexibility index (Phi) is 7.39. The molecule has 1 amide bonds. The van der Waals surface area contributed by atoms with Crippen molar-refractivity contribution in [3.8, 4) is 0 Å². The van der Waals surface area contributed by atoms with Crippen molar-refractivity contribution in [1.82, 2.24) is 4.98 Å². The standard InChI is InChI=1S/C16H16ClF3N2O3S/c1-24-4-5-25-9-14(23)22-15-21-8-11(26-15)6-10-2-3-13(17)12(7-10)16(18,19)20/h2-3,7-8H,4-6,9H2,1H3,(H,21,22,23). The summed E-state index contributed by atoms with van der Waals surface area (Å²) in [5, 5.41) is 2.58. The minimum Gasteiger partial charge on any atom is -0.382 e. The zero-order valence-corrected chi connectivity index (χ0v) is 15.3. The summed E-state index contributed by atoms with van der Waals surface area (Å²) in [5.41, 5.74) is -0.422. The molecule has 0 radical (unpaired) electrons. The van der Waals surface area contributed by atoms with Crippen molar-refractivity contribution in [3.63, 3.8) is 0 Å². The number of methoxy groups -OCH3 is 1. The number of amides is 1. The van der Waals surface area contributed by atoms with Gasteiger partial charge < -0.3 is 9.47 Å². The molecular weight excluding hydrogens is 393 g/mol. The van der Waals surface area contributed by atoms with Crippen molar-refractivity contribution in [2.75, 3.05) is 32.2 Å². The van der Waals surface area contributed by atoms with Gasteiger partial charge in [0.15, 0.2) is 5.13 Å². The van der Waals surface area contributed by atoms with Crippen molar-refractivity contribution in [2.45, 2.75) is 12.6 Å². The second-order valence-corrected chi connectivity index (χ2v) is 6.74. The van der Waals surface area contributed by atoms with Gasteiger partial charge in [-0.25, -0.2) is 4.98 Å². The fraction of sp³-hybridized carbons (Fsp3) is 0.375. The molecule has 5 nitrogen and oxygen atoms in total. The summed E-state index contributed by atoms with van der Waals surface area (Å²) in [6.07, 6.45) is -2.76. The lowest BCUT2D eigenvalue weighted by Gasteiger charge is -2.10. The maximum atomic E-state index is 12.9. The molecule has 1 heterocycles. The SMILES string of the molecule is COCCOCC(=O)Nc1ncc(Cc2ccc(Cl)c(C(F)(F)F)c2)s1. The third kappa shape index (κ3) is 6.24. The zero-order valence-electron chi connectivity index (χ0n) is 13.7. The number of rotatable bonds is 8. The molecule has 0 aliphatic heterocycles. The minimum atomic E-state index is -4.51. The summed E-state index contributed by atoms with van der Waals surface area (Å²) < 4.78 is 48.6. The summed E-state index contributed by atoms with van der Waals surface area (Å²) in [4.78, 5) is 16.4. The molecule has 10 heteroatoms. The third-order valence-electron chi connectivity index (χ3n) is 3.18. The minimum absolute atomic E-state index is 0.135. The van der Waals surface area contributed by atoms with Crippen molar-refractivity contribution in [2.24, 2.45) is 0 Å². The predicted octanol–water partition coefficient (Wildman–Crippen LogP) is 4.01. The van der Waals surface area contributed by atoms with E-state index in [2.05, 4.69) is 10.3 Å². The van der Waals surface area contributed by atoms with E-state index in [9.17, 15) is 18.0 Å². The molecule has 0 aliphatic rings. The molecule has 0 fully saturated rings. The van der Waals surface area contributed by atoms with Crippen LogP contribution in [0.4, 0.5) is 18.3 Å². The van der Waals surface area contributed by atoms with E-state index in [0.717, 1.165) is 6.07 Å². The number of hydrogen-bond acceptors (Lipinski definition) is 5. The lowest BCUT2D eigenvalue weighted by atomic mass is 10.1. The lowest BCUT2D eigenvalue weighted by Crippen LogP contribution is -2.19. The highest BCUT2D eigenvalue weighted by atomic mass is 35.5. The molecule has 0 saturated heterocycles. The maximum absolute atomic E-state index is 12.9. The Morgan fingerprint density at radius 1 is 1.35 bits per heavy atom. The van der Waals surface area contributed by atoms with Gasteiger partial charge in [0.2, 0.25) is 0 Å². The number of alkyl halides is 3. The number of thiazole rings is 1. The fourth-order valence-corrected chi connectivity index (χ4v) is 3.10. The van der Waals surface area contributed by atoms with Crippen molar-refractivity contribution >= 4 is 34.0 Å². The molecule has 2 rings (SSSR count). The molecule has 26 heavy (non-hydrogen) atoms. The van der Waals surface area contributed by atoms with E-state index in [1.165, 1.54) is 36.8 Å². The number of carbonyl (C=O) groups excluding carboxylic acids is 1. The maximum Gasteiger partial charge on any atom is 0.417 e. The van der Waals surface area contributed by atoms with Crippen LogP contribution in [0.3, 0.4) is 0 Å². The molecule has 0 aliphatic carbocycles. The number of anilines is 1. The van der Waals surface area contributed by atoms with E-state index in [1.54, 1.807) is 0 Å². The van der Waals surface area contributed by atoms with E-state index in [0.29, 0.717) is 28.8 Å². The zero-order chi connectivity index (χ0) is 19.2. The van der Waals surface area contributed by atoms with Crippen LogP contribution < -0.4 is 5.32 Å². The van der Waals surface area contributed by atoms with E-state index in [-0.39, 0.29) is 24.0 Å². The average Bonchev–Trinajstić information content (AvgIpc) is 2.99. The molecular formula is C16H16ClF3N2O3S. The normalized spacial score (nSPS) is 11.6. The molecule has 0 atom stereocenters. The first kappa shape index (κ1) is 20.6. The van der Waals surface area contributed by atoms with Crippen molar-refractivity contribution < 1.29 is 27.4 Å². The van der Waals surface area contributed by atoms with Crippen molar-refractivity contribution in [3.05, 3.63) is 45.4 Å². The molecule has 142 valence electrons. The van der Waals surface area contributed by atoms with Gasteiger partial charge in [-0.15, -0.1) is 11.3 Å². The number of aromatic nitrogens is 1. The van der Waals surface area contributed by atoms with Crippen LogP contribution in [0.1, 0.15) is 16.0 Å². The average molecular weight is 409 g/mol. The third-order valence-corrected chi connectivity index (χ3v) is 4.42. The van der Waals surface area contributed by atoms with Crippen LogP contribution in [-0.2, 0) is 26.9 Å². The van der Waals surface area contributed by atoms with Gasteiger partial charge in [0, 0.05) is 24.6 Å². The van der Waals surface area contributed by atoms with E-state index in [4.69, 9.17) is 21.1 Å². The highest BCUT2D eigenvalue weighted by molar-refractivity contribution is 7.15. The molecule has 1 N–H and O–H groups in total. The lowest BCUT2D eigenvalue weighted by molar-refractivity contribution is -0.137. The van der Waals surface area contributed by atoms with E-state index < -0.39 is 11.7 Å². The van der Waals surface area contributed by atoms with Gasteiger partial charge in [-0.2, -0.15) is 13.2 Å². The number of benzene rings is 1. The molecule has 0 saturated carbocycles. The van der Waals surface area contributed by atoms with Gasteiger partial charge in [0.1, 0.15) is 6.61 Å². The Hall–Kier alpha value is -1.68. The molecule has 0 bridgehead atoms. The summed E-state index contributed by atoms with van der Waals surface area (Å²) in [5.74, 6) is -0.368. The topological polar surface area (TPSA) is 60.5 Å². The number of hydrogen-bond donors (Lipinski definition) is 1. The molecule has 0 unspecified atom stereocenters. The highest BCUT2D eigenvalue weighted by Crippen LogP contribution is 2.35. The molecule has 1 aromatic heterocycles. The molecule has 1 aromatic carbocycles. The first-order chi connectivity index (χ1) is 12.3. The van der Waals surface area contributed by atoms with E-state index in [1.807, 2.05) is 0 Å². The first-order valence-electron chi connectivity index (χ1n) is 7.46. The van der Waals surface area contributed by atoms with Crippen LogP contribution >= 0.6 is 22.9 Å². The van der Waals surface area contributed by atoms with Gasteiger partial charge >= 0.3 is 6.18 Å². The van der Waals surface area contributed by atoms with Crippen molar-refractivity contribution in [1.29, 1.82) is 0 Å². The smallest absolute Gasteiger partial charge is 0.382 e.